The van der Waals surface area contributed by atoms with E-state index in [0.29, 0.717) is 10.6 Å². The number of hydrogen-bond donors (Lipinski definition) is 1. The van der Waals surface area contributed by atoms with Gasteiger partial charge in [0.1, 0.15) is 0 Å². The van der Waals surface area contributed by atoms with Gasteiger partial charge in [0.05, 0.1) is 16.5 Å². The summed E-state index contributed by atoms with van der Waals surface area (Å²) in [7, 11) is 0. The van der Waals surface area contributed by atoms with Crippen LogP contribution in [0.3, 0.4) is 0 Å². The van der Waals surface area contributed by atoms with E-state index in [2.05, 4.69) is 16.8 Å². The van der Waals surface area contributed by atoms with E-state index in [1.807, 2.05) is 0 Å². The number of halogens is 2. The van der Waals surface area contributed by atoms with Gasteiger partial charge in [-0.2, -0.15) is 0 Å². The first-order valence-electron chi connectivity index (χ1n) is 3.17. The van der Waals surface area contributed by atoms with E-state index < -0.39 is 0 Å². The molecule has 1 heterocycles. The minimum Gasteiger partial charge on any atom is -0.327 e. The molecule has 0 saturated carbocycles. The highest BCUT2D eigenvalue weighted by molar-refractivity contribution is 6.30. The summed E-state index contributed by atoms with van der Waals surface area (Å²) in [6, 6.07) is 1.50. The van der Waals surface area contributed by atoms with E-state index in [-0.39, 0.29) is 11.4 Å². The van der Waals surface area contributed by atoms with E-state index in [4.69, 9.17) is 23.2 Å². The van der Waals surface area contributed by atoms with Crippen LogP contribution >= 0.6 is 23.2 Å². The Morgan fingerprint density at radius 1 is 1.58 bits per heavy atom. The zero-order chi connectivity index (χ0) is 8.97. The molecule has 62 valence electrons. The molecular formula is C8H5Cl2NO. The van der Waals surface area contributed by atoms with Crippen LogP contribution in [0.15, 0.2) is 17.1 Å². The Morgan fingerprint density at radius 3 is 3.00 bits per heavy atom. The second-order valence-corrected chi connectivity index (χ2v) is 2.70. The minimum atomic E-state index is -0.253. The van der Waals surface area contributed by atoms with Gasteiger partial charge in [0.25, 0.3) is 5.56 Å². The fourth-order valence-corrected chi connectivity index (χ4v) is 0.909. The first-order valence-corrected chi connectivity index (χ1v) is 4.08. The fourth-order valence-electron chi connectivity index (χ4n) is 0.679. The zero-order valence-corrected chi connectivity index (χ0v) is 7.54. The van der Waals surface area contributed by atoms with Gasteiger partial charge in [0, 0.05) is 6.20 Å². The summed E-state index contributed by atoms with van der Waals surface area (Å²) >= 11 is 10.9. The van der Waals surface area contributed by atoms with Crippen molar-refractivity contribution in [2.24, 2.45) is 0 Å². The van der Waals surface area contributed by atoms with Gasteiger partial charge in [-0.05, 0) is 6.07 Å². The Bertz CT molecular complexity index is 386. The lowest BCUT2D eigenvalue weighted by atomic mass is 10.3. The molecular weight excluding hydrogens is 197 g/mol. The van der Waals surface area contributed by atoms with Crippen LogP contribution in [0.25, 0.3) is 0 Å². The van der Waals surface area contributed by atoms with Crippen LogP contribution in [-0.2, 0) is 0 Å². The van der Waals surface area contributed by atoms with Gasteiger partial charge < -0.3 is 4.98 Å². The molecule has 2 nitrogen and oxygen atoms in total. The van der Waals surface area contributed by atoms with Crippen molar-refractivity contribution in [3.63, 3.8) is 0 Å². The van der Waals surface area contributed by atoms with Gasteiger partial charge in [0.15, 0.2) is 0 Å². The molecule has 1 aromatic rings. The molecule has 0 aliphatic carbocycles. The van der Waals surface area contributed by atoms with Gasteiger partial charge in [-0.3, -0.25) is 4.79 Å². The Hall–Kier alpha value is -0.910. The van der Waals surface area contributed by atoms with Crippen molar-refractivity contribution >= 4 is 23.2 Å². The van der Waals surface area contributed by atoms with Crippen LogP contribution in [-0.4, -0.2) is 10.9 Å². The zero-order valence-electron chi connectivity index (χ0n) is 6.03. The van der Waals surface area contributed by atoms with E-state index >= 15 is 0 Å². The average molecular weight is 202 g/mol. The third kappa shape index (κ3) is 2.30. The summed E-state index contributed by atoms with van der Waals surface area (Å²) in [5.74, 6) is 5.36. The molecule has 1 rings (SSSR count). The van der Waals surface area contributed by atoms with Crippen molar-refractivity contribution in [1.29, 1.82) is 0 Å². The molecule has 0 saturated heterocycles. The highest BCUT2D eigenvalue weighted by atomic mass is 35.5. The predicted molar refractivity (Wildman–Crippen MR) is 49.7 cm³/mol. The second kappa shape index (κ2) is 4.20. The summed E-state index contributed by atoms with van der Waals surface area (Å²) < 4.78 is 0. The molecule has 0 fully saturated rings. The second-order valence-electron chi connectivity index (χ2n) is 2.00. The van der Waals surface area contributed by atoms with Gasteiger partial charge in [-0.1, -0.05) is 23.4 Å². The average Bonchev–Trinajstić information content (AvgIpc) is 2.07. The molecule has 1 N–H and O–H groups in total. The number of nitrogens with one attached hydrogen (secondary N) is 1. The molecule has 0 spiro atoms. The fraction of sp³-hybridized carbons (Fsp3) is 0.125. The van der Waals surface area contributed by atoms with Crippen LogP contribution in [0, 0.1) is 11.8 Å². The number of pyridine rings is 1. The Kier molecular flexibility index (Phi) is 3.21. The maximum Gasteiger partial charge on any atom is 0.263 e. The highest BCUT2D eigenvalue weighted by Crippen LogP contribution is 2.03. The van der Waals surface area contributed by atoms with Crippen LogP contribution in [0.5, 0.6) is 0 Å². The molecule has 0 unspecified atom stereocenters. The summed E-state index contributed by atoms with van der Waals surface area (Å²) in [5.41, 5.74) is 0.0835. The number of H-pyrrole nitrogens is 1. The SMILES string of the molecule is O=c1[nH]cc(Cl)cc1C#CCCl. The molecule has 12 heavy (non-hydrogen) atoms. The maximum atomic E-state index is 11.0. The van der Waals surface area contributed by atoms with Crippen molar-refractivity contribution in [1.82, 2.24) is 4.98 Å². The van der Waals surface area contributed by atoms with E-state index in [1.54, 1.807) is 0 Å². The number of aromatic amines is 1. The van der Waals surface area contributed by atoms with E-state index in [1.165, 1.54) is 12.3 Å². The Morgan fingerprint density at radius 2 is 2.33 bits per heavy atom. The molecule has 4 heteroatoms. The number of rotatable bonds is 0. The third-order valence-electron chi connectivity index (χ3n) is 1.16. The van der Waals surface area contributed by atoms with Crippen molar-refractivity contribution in [3.05, 3.63) is 33.2 Å². The minimum absolute atomic E-state index is 0.200. The van der Waals surface area contributed by atoms with Gasteiger partial charge in [-0.25, -0.2) is 0 Å². The molecule has 0 aliphatic heterocycles. The molecule has 0 amide bonds. The smallest absolute Gasteiger partial charge is 0.263 e. The standard InChI is InChI=1S/C8H5Cl2NO/c9-3-1-2-6-4-7(10)5-11-8(6)12/h4-5H,3H2,(H,11,12). The van der Waals surface area contributed by atoms with Crippen LogP contribution in [0.2, 0.25) is 5.02 Å². The van der Waals surface area contributed by atoms with Gasteiger partial charge in [0.2, 0.25) is 0 Å². The van der Waals surface area contributed by atoms with E-state index in [0.717, 1.165) is 0 Å². The van der Waals surface area contributed by atoms with Crippen LogP contribution < -0.4 is 5.56 Å². The Labute approximate surface area is 79.5 Å². The monoisotopic (exact) mass is 201 g/mol. The summed E-state index contributed by atoms with van der Waals surface area (Å²) in [6.07, 6.45) is 1.41. The lowest BCUT2D eigenvalue weighted by molar-refractivity contribution is 1.22. The predicted octanol–water partition coefficient (Wildman–Crippen LogP) is 1.62. The largest absolute Gasteiger partial charge is 0.327 e. The van der Waals surface area contributed by atoms with Crippen molar-refractivity contribution in [2.45, 2.75) is 0 Å². The van der Waals surface area contributed by atoms with Crippen molar-refractivity contribution in [3.8, 4) is 11.8 Å². The number of hydrogen-bond acceptors (Lipinski definition) is 1. The molecule has 1 aromatic heterocycles. The Balaban J connectivity index is 3.14. The lowest BCUT2D eigenvalue weighted by Gasteiger charge is -1.89. The van der Waals surface area contributed by atoms with E-state index in [9.17, 15) is 4.79 Å². The third-order valence-corrected chi connectivity index (χ3v) is 1.51. The van der Waals surface area contributed by atoms with Gasteiger partial charge in [-0.15, -0.1) is 11.6 Å². The summed E-state index contributed by atoms with van der Waals surface area (Å²) in [6.45, 7) is 0. The summed E-state index contributed by atoms with van der Waals surface area (Å²) in [5, 5.41) is 0.452. The molecule has 0 radical (unpaired) electrons. The molecule has 0 aliphatic rings. The number of aromatic nitrogens is 1. The molecule has 0 bridgehead atoms. The first-order chi connectivity index (χ1) is 5.74. The molecule has 0 atom stereocenters. The van der Waals surface area contributed by atoms with Crippen LogP contribution in [0.1, 0.15) is 5.56 Å². The quantitative estimate of drug-likeness (QED) is 0.503. The number of alkyl halides is 1. The maximum absolute atomic E-state index is 11.0. The first kappa shape index (κ1) is 9.18. The van der Waals surface area contributed by atoms with Crippen molar-refractivity contribution in [2.75, 3.05) is 5.88 Å². The molecule has 0 aromatic carbocycles. The van der Waals surface area contributed by atoms with Gasteiger partial charge >= 0.3 is 0 Å². The highest BCUT2D eigenvalue weighted by Gasteiger charge is 1.95. The van der Waals surface area contributed by atoms with Crippen LogP contribution in [0.4, 0.5) is 0 Å². The summed E-state index contributed by atoms with van der Waals surface area (Å²) in [4.78, 5) is 13.5. The normalized spacial score (nSPS) is 8.83. The topological polar surface area (TPSA) is 32.9 Å². The van der Waals surface area contributed by atoms with Crippen molar-refractivity contribution < 1.29 is 0 Å². The lowest BCUT2D eigenvalue weighted by Crippen LogP contribution is -2.08.